The van der Waals surface area contributed by atoms with Crippen LogP contribution in [0.15, 0.2) is 36.4 Å². The lowest BCUT2D eigenvalue weighted by Crippen LogP contribution is -2.44. The molecule has 5 nitrogen and oxygen atoms in total. The third-order valence-electron chi connectivity index (χ3n) is 3.31. The number of β-amino-alcohol motifs (C(OH)–C–C–N with tert-alkyl or cyclic N) is 1. The molecule has 1 atom stereocenters. The summed E-state index contributed by atoms with van der Waals surface area (Å²) in [5.41, 5.74) is 0.974. The Morgan fingerprint density at radius 1 is 1.33 bits per heavy atom. The number of amides is 1. The highest BCUT2D eigenvalue weighted by Crippen LogP contribution is 2.01. The van der Waals surface area contributed by atoms with Crippen molar-refractivity contribution in [2.75, 3.05) is 39.4 Å². The molecule has 2 rings (SSSR count). The smallest absolute Gasteiger partial charge is 0.244 e. The molecule has 2 N–H and O–H groups in total. The minimum absolute atomic E-state index is 0.195. The number of hydrogen-bond acceptors (Lipinski definition) is 4. The number of benzene rings is 1. The Kier molecular flexibility index (Phi) is 6.40. The van der Waals surface area contributed by atoms with Crippen LogP contribution in [0.4, 0.5) is 0 Å². The number of morpholine rings is 1. The van der Waals surface area contributed by atoms with E-state index in [0.717, 1.165) is 18.7 Å². The van der Waals surface area contributed by atoms with Crippen LogP contribution in [0.25, 0.3) is 6.08 Å². The molecule has 1 fully saturated rings. The summed E-state index contributed by atoms with van der Waals surface area (Å²) >= 11 is 0. The maximum Gasteiger partial charge on any atom is 0.244 e. The highest BCUT2D eigenvalue weighted by Gasteiger charge is 2.14. The van der Waals surface area contributed by atoms with Crippen LogP contribution in [0, 0.1) is 0 Å². The van der Waals surface area contributed by atoms with Gasteiger partial charge >= 0.3 is 0 Å². The van der Waals surface area contributed by atoms with Crippen molar-refractivity contribution in [3.63, 3.8) is 0 Å². The normalized spacial score (nSPS) is 17.8. The summed E-state index contributed by atoms with van der Waals surface area (Å²) < 4.78 is 5.25. The van der Waals surface area contributed by atoms with Gasteiger partial charge in [0, 0.05) is 32.3 Å². The monoisotopic (exact) mass is 290 g/mol. The molecule has 1 unspecified atom stereocenters. The number of aliphatic hydroxyl groups excluding tert-OH is 1. The van der Waals surface area contributed by atoms with Gasteiger partial charge in [-0.15, -0.1) is 0 Å². The van der Waals surface area contributed by atoms with Gasteiger partial charge in [-0.05, 0) is 11.6 Å². The van der Waals surface area contributed by atoms with Crippen LogP contribution in [0.3, 0.4) is 0 Å². The topological polar surface area (TPSA) is 61.8 Å². The van der Waals surface area contributed by atoms with E-state index in [-0.39, 0.29) is 12.5 Å². The summed E-state index contributed by atoms with van der Waals surface area (Å²) in [6.07, 6.45) is 2.68. The van der Waals surface area contributed by atoms with Crippen molar-refractivity contribution in [2.24, 2.45) is 0 Å². The molecule has 114 valence electrons. The number of ether oxygens (including phenoxy) is 1. The Balaban J connectivity index is 1.67. The SMILES string of the molecule is O=C(/C=C/c1ccccc1)NCC(O)CN1CCOCC1. The quantitative estimate of drug-likeness (QED) is 0.749. The molecule has 1 heterocycles. The molecule has 5 heteroatoms. The van der Waals surface area contributed by atoms with Gasteiger partial charge in [0.05, 0.1) is 19.3 Å². The third-order valence-corrected chi connectivity index (χ3v) is 3.31. The van der Waals surface area contributed by atoms with Crippen LogP contribution in [0.2, 0.25) is 0 Å². The summed E-state index contributed by atoms with van der Waals surface area (Å²) in [6, 6.07) is 9.63. The molecule has 0 aromatic heterocycles. The fourth-order valence-corrected chi connectivity index (χ4v) is 2.16. The fraction of sp³-hybridized carbons (Fsp3) is 0.438. The third kappa shape index (κ3) is 6.08. The second kappa shape index (κ2) is 8.56. The minimum atomic E-state index is -0.558. The summed E-state index contributed by atoms with van der Waals surface area (Å²) in [6.45, 7) is 3.90. The first kappa shape index (κ1) is 15.7. The Morgan fingerprint density at radius 2 is 2.05 bits per heavy atom. The second-order valence-electron chi connectivity index (χ2n) is 5.06. The van der Waals surface area contributed by atoms with Crippen molar-refractivity contribution < 1.29 is 14.6 Å². The number of hydrogen-bond donors (Lipinski definition) is 2. The van der Waals surface area contributed by atoms with Gasteiger partial charge in [-0.2, -0.15) is 0 Å². The summed E-state index contributed by atoms with van der Waals surface area (Å²) in [5, 5.41) is 12.6. The van der Waals surface area contributed by atoms with Crippen LogP contribution in [0.5, 0.6) is 0 Å². The molecule has 0 saturated carbocycles. The first-order chi connectivity index (χ1) is 10.2. The van der Waals surface area contributed by atoms with Crippen LogP contribution in [-0.2, 0) is 9.53 Å². The van der Waals surface area contributed by atoms with E-state index in [4.69, 9.17) is 4.74 Å². The van der Waals surface area contributed by atoms with Gasteiger partial charge in [0.2, 0.25) is 5.91 Å². The molecule has 0 aliphatic carbocycles. The number of nitrogens with one attached hydrogen (secondary N) is 1. The molecule has 1 aromatic carbocycles. The van der Waals surface area contributed by atoms with Gasteiger partial charge < -0.3 is 15.2 Å². The fourth-order valence-electron chi connectivity index (χ4n) is 2.16. The van der Waals surface area contributed by atoms with E-state index >= 15 is 0 Å². The summed E-state index contributed by atoms with van der Waals surface area (Å²) in [5.74, 6) is -0.195. The van der Waals surface area contributed by atoms with Gasteiger partial charge in [-0.1, -0.05) is 30.3 Å². The zero-order valence-corrected chi connectivity index (χ0v) is 12.1. The maximum atomic E-state index is 11.7. The summed E-state index contributed by atoms with van der Waals surface area (Å²) in [7, 11) is 0. The average Bonchev–Trinajstić information content (AvgIpc) is 2.53. The van der Waals surface area contributed by atoms with Gasteiger partial charge in [0.15, 0.2) is 0 Å². The van der Waals surface area contributed by atoms with Crippen molar-refractivity contribution in [3.05, 3.63) is 42.0 Å². The lowest BCUT2D eigenvalue weighted by atomic mass is 10.2. The highest BCUT2D eigenvalue weighted by molar-refractivity contribution is 5.91. The lowest BCUT2D eigenvalue weighted by Gasteiger charge is -2.28. The van der Waals surface area contributed by atoms with Crippen LogP contribution >= 0.6 is 0 Å². The van der Waals surface area contributed by atoms with Crippen LogP contribution in [0.1, 0.15) is 5.56 Å². The van der Waals surface area contributed by atoms with E-state index in [9.17, 15) is 9.90 Å². The summed E-state index contributed by atoms with van der Waals surface area (Å²) in [4.78, 5) is 13.8. The van der Waals surface area contributed by atoms with Gasteiger partial charge in [0.1, 0.15) is 0 Å². The van der Waals surface area contributed by atoms with E-state index in [1.165, 1.54) is 6.08 Å². The molecule has 0 bridgehead atoms. The predicted molar refractivity (Wildman–Crippen MR) is 81.8 cm³/mol. The zero-order chi connectivity index (χ0) is 14.9. The number of carbonyl (C=O) groups is 1. The number of carbonyl (C=O) groups excluding carboxylic acids is 1. The van der Waals surface area contributed by atoms with E-state index < -0.39 is 6.10 Å². The largest absolute Gasteiger partial charge is 0.390 e. The molecule has 1 saturated heterocycles. The van der Waals surface area contributed by atoms with Crippen molar-refractivity contribution in [2.45, 2.75) is 6.10 Å². The van der Waals surface area contributed by atoms with Crippen molar-refractivity contribution in [3.8, 4) is 0 Å². The van der Waals surface area contributed by atoms with Gasteiger partial charge in [0.25, 0.3) is 0 Å². The van der Waals surface area contributed by atoms with Crippen LogP contribution in [-0.4, -0.2) is 61.4 Å². The molecule has 0 spiro atoms. The Bertz CT molecular complexity index is 456. The minimum Gasteiger partial charge on any atom is -0.390 e. The van der Waals surface area contributed by atoms with Gasteiger partial charge in [-0.3, -0.25) is 9.69 Å². The van der Waals surface area contributed by atoms with E-state index in [2.05, 4.69) is 10.2 Å². The van der Waals surface area contributed by atoms with Crippen molar-refractivity contribution >= 4 is 12.0 Å². The Morgan fingerprint density at radius 3 is 2.76 bits per heavy atom. The second-order valence-corrected chi connectivity index (χ2v) is 5.06. The van der Waals surface area contributed by atoms with E-state index in [1.54, 1.807) is 6.08 Å². The number of nitrogens with zero attached hydrogens (tertiary/aromatic N) is 1. The average molecular weight is 290 g/mol. The molecule has 1 aromatic rings. The van der Waals surface area contributed by atoms with E-state index in [1.807, 2.05) is 30.3 Å². The molecule has 1 aliphatic rings. The first-order valence-electron chi connectivity index (χ1n) is 7.23. The molecule has 1 aliphatic heterocycles. The molecule has 1 amide bonds. The highest BCUT2D eigenvalue weighted by atomic mass is 16.5. The number of rotatable bonds is 6. The maximum absolute atomic E-state index is 11.7. The zero-order valence-electron chi connectivity index (χ0n) is 12.1. The first-order valence-corrected chi connectivity index (χ1v) is 7.23. The number of aliphatic hydroxyl groups is 1. The van der Waals surface area contributed by atoms with Crippen LogP contribution < -0.4 is 5.32 Å². The predicted octanol–water partition coefficient (Wildman–Crippen LogP) is 0.509. The van der Waals surface area contributed by atoms with E-state index in [0.29, 0.717) is 19.8 Å². The Hall–Kier alpha value is -1.69. The standard InChI is InChI=1S/C16H22N2O3/c19-15(13-18-8-10-21-11-9-18)12-17-16(20)7-6-14-4-2-1-3-5-14/h1-7,15,19H,8-13H2,(H,17,20)/b7-6+. The van der Waals surface area contributed by atoms with Crippen molar-refractivity contribution in [1.82, 2.24) is 10.2 Å². The Labute approximate surface area is 125 Å². The lowest BCUT2D eigenvalue weighted by molar-refractivity contribution is -0.117. The molecular weight excluding hydrogens is 268 g/mol. The molecule has 0 radical (unpaired) electrons. The van der Waals surface area contributed by atoms with Crippen molar-refractivity contribution in [1.29, 1.82) is 0 Å². The molecule has 21 heavy (non-hydrogen) atoms. The van der Waals surface area contributed by atoms with Gasteiger partial charge in [-0.25, -0.2) is 0 Å². The molecular formula is C16H22N2O3.